The average molecular weight is 203 g/mol. The van der Waals surface area contributed by atoms with Crippen LogP contribution < -0.4 is 5.73 Å². The fraction of sp³-hybridized carbons (Fsp3) is 0.111. The van der Waals surface area contributed by atoms with Crippen molar-refractivity contribution in [2.45, 2.75) is 6.42 Å². The summed E-state index contributed by atoms with van der Waals surface area (Å²) < 4.78 is 0. The highest BCUT2D eigenvalue weighted by atomic mass is 16.1. The Balaban J connectivity index is 2.13. The van der Waals surface area contributed by atoms with E-state index in [1.165, 1.54) is 6.33 Å². The van der Waals surface area contributed by atoms with Crippen LogP contribution in [0.25, 0.3) is 0 Å². The van der Waals surface area contributed by atoms with Gasteiger partial charge in [0.1, 0.15) is 12.1 Å². The number of nitrogens with one attached hydrogen (secondary N) is 1. The molecule has 0 aromatic carbocycles. The Morgan fingerprint density at radius 1 is 1.47 bits per heavy atom. The topological polar surface area (TPSA) is 97.5 Å². The van der Waals surface area contributed by atoms with Crippen LogP contribution in [0.5, 0.6) is 0 Å². The molecule has 15 heavy (non-hydrogen) atoms. The Morgan fingerprint density at radius 3 is 3.00 bits per heavy atom. The van der Waals surface area contributed by atoms with E-state index in [0.717, 1.165) is 5.56 Å². The minimum Gasteiger partial charge on any atom is -0.384 e. The van der Waals surface area contributed by atoms with Crippen LogP contribution in [0.4, 0.5) is 5.82 Å². The van der Waals surface area contributed by atoms with Gasteiger partial charge in [-0.2, -0.15) is 5.10 Å². The van der Waals surface area contributed by atoms with Crippen molar-refractivity contribution in [2.24, 2.45) is 0 Å². The summed E-state index contributed by atoms with van der Waals surface area (Å²) in [6, 6.07) is 3.40. The zero-order chi connectivity index (χ0) is 10.7. The molecular weight excluding hydrogens is 194 g/mol. The molecule has 0 saturated heterocycles. The number of rotatable bonds is 3. The standard InChI is InChI=1S/C9H9N5O/c10-8-4-6(1-2-11-8)3-7(15)9-12-5-13-14-9/h1-2,4-5H,3H2,(H2,10,11)(H,12,13,14). The number of nitrogens with zero attached hydrogens (tertiary/aromatic N) is 3. The summed E-state index contributed by atoms with van der Waals surface area (Å²) in [6.45, 7) is 0. The number of carbonyl (C=O) groups is 1. The predicted octanol–water partition coefficient (Wildman–Crippen LogP) is 0.207. The maximum atomic E-state index is 11.6. The number of Topliss-reactive ketones (excluding diaryl/α,β-unsaturated/α-hetero) is 1. The Hall–Kier alpha value is -2.24. The minimum atomic E-state index is -0.127. The summed E-state index contributed by atoms with van der Waals surface area (Å²) >= 11 is 0. The molecule has 6 heteroatoms. The molecule has 76 valence electrons. The van der Waals surface area contributed by atoms with E-state index in [2.05, 4.69) is 20.2 Å². The van der Waals surface area contributed by atoms with E-state index in [1.54, 1.807) is 18.3 Å². The van der Waals surface area contributed by atoms with E-state index in [1.807, 2.05) is 0 Å². The molecule has 0 aliphatic rings. The van der Waals surface area contributed by atoms with Crippen LogP contribution in [0.15, 0.2) is 24.7 Å². The van der Waals surface area contributed by atoms with Gasteiger partial charge in [-0.15, -0.1) is 0 Å². The maximum absolute atomic E-state index is 11.6. The number of nitrogen functional groups attached to an aromatic ring is 1. The van der Waals surface area contributed by atoms with Gasteiger partial charge in [0.2, 0.25) is 5.78 Å². The molecule has 0 fully saturated rings. The van der Waals surface area contributed by atoms with E-state index < -0.39 is 0 Å². The van der Waals surface area contributed by atoms with Crippen LogP contribution in [0.2, 0.25) is 0 Å². The molecule has 0 bridgehead atoms. The van der Waals surface area contributed by atoms with Gasteiger partial charge in [-0.05, 0) is 17.7 Å². The average Bonchev–Trinajstić information content (AvgIpc) is 2.70. The van der Waals surface area contributed by atoms with Gasteiger partial charge in [0.05, 0.1) is 0 Å². The SMILES string of the molecule is Nc1cc(CC(=O)c2ncn[nH]2)ccn1. The Kier molecular flexibility index (Phi) is 2.40. The van der Waals surface area contributed by atoms with Crippen molar-refractivity contribution in [3.05, 3.63) is 36.0 Å². The second-order valence-corrected chi connectivity index (χ2v) is 3.02. The Labute approximate surface area is 85.6 Å². The summed E-state index contributed by atoms with van der Waals surface area (Å²) in [6.07, 6.45) is 3.11. The van der Waals surface area contributed by atoms with E-state index in [-0.39, 0.29) is 18.0 Å². The largest absolute Gasteiger partial charge is 0.384 e. The molecule has 0 unspecified atom stereocenters. The third-order valence-corrected chi connectivity index (χ3v) is 1.89. The van der Waals surface area contributed by atoms with Crippen molar-refractivity contribution >= 4 is 11.6 Å². The summed E-state index contributed by atoms with van der Waals surface area (Å²) in [7, 11) is 0. The highest BCUT2D eigenvalue weighted by Crippen LogP contribution is 2.06. The third kappa shape index (κ3) is 2.16. The summed E-state index contributed by atoms with van der Waals surface area (Å²) in [4.78, 5) is 19.2. The van der Waals surface area contributed by atoms with E-state index in [4.69, 9.17) is 5.73 Å². The van der Waals surface area contributed by atoms with Crippen LogP contribution in [0, 0.1) is 0 Å². The number of aromatic nitrogens is 4. The Bertz CT molecular complexity index is 465. The van der Waals surface area contributed by atoms with E-state index >= 15 is 0 Å². The number of ketones is 1. The van der Waals surface area contributed by atoms with Gasteiger partial charge in [0.15, 0.2) is 5.82 Å². The molecule has 0 aliphatic heterocycles. The number of pyridine rings is 1. The lowest BCUT2D eigenvalue weighted by Crippen LogP contribution is -2.06. The first-order valence-electron chi connectivity index (χ1n) is 4.34. The number of aromatic amines is 1. The quantitative estimate of drug-likeness (QED) is 0.695. The number of anilines is 1. The first kappa shape index (κ1) is 9.32. The van der Waals surface area contributed by atoms with E-state index in [9.17, 15) is 4.79 Å². The molecule has 3 N–H and O–H groups in total. The zero-order valence-corrected chi connectivity index (χ0v) is 7.84. The predicted molar refractivity (Wildman–Crippen MR) is 53.1 cm³/mol. The lowest BCUT2D eigenvalue weighted by molar-refractivity contribution is 0.0983. The maximum Gasteiger partial charge on any atom is 0.203 e. The number of nitrogens with two attached hydrogens (primary N) is 1. The number of H-pyrrole nitrogens is 1. The lowest BCUT2D eigenvalue weighted by atomic mass is 10.1. The first-order valence-corrected chi connectivity index (χ1v) is 4.34. The minimum absolute atomic E-state index is 0.127. The van der Waals surface area contributed by atoms with Crippen molar-refractivity contribution in [3.8, 4) is 0 Å². The van der Waals surface area contributed by atoms with Gasteiger partial charge in [0, 0.05) is 12.6 Å². The van der Waals surface area contributed by atoms with Gasteiger partial charge in [-0.3, -0.25) is 9.89 Å². The van der Waals surface area contributed by atoms with Crippen molar-refractivity contribution in [1.82, 2.24) is 20.2 Å². The van der Waals surface area contributed by atoms with Crippen molar-refractivity contribution < 1.29 is 4.79 Å². The Morgan fingerprint density at radius 2 is 2.33 bits per heavy atom. The molecule has 0 saturated carbocycles. The molecule has 2 heterocycles. The van der Waals surface area contributed by atoms with Gasteiger partial charge >= 0.3 is 0 Å². The molecule has 0 radical (unpaired) electrons. The summed E-state index contributed by atoms with van der Waals surface area (Å²) in [5, 5.41) is 6.12. The van der Waals surface area contributed by atoms with Gasteiger partial charge in [-0.1, -0.05) is 0 Å². The van der Waals surface area contributed by atoms with Crippen LogP contribution in [0.3, 0.4) is 0 Å². The van der Waals surface area contributed by atoms with Gasteiger partial charge in [0.25, 0.3) is 0 Å². The molecular formula is C9H9N5O. The second-order valence-electron chi connectivity index (χ2n) is 3.02. The summed E-state index contributed by atoms with van der Waals surface area (Å²) in [5.41, 5.74) is 6.30. The number of carbonyl (C=O) groups excluding carboxylic acids is 1. The zero-order valence-electron chi connectivity index (χ0n) is 7.84. The molecule has 0 spiro atoms. The molecule has 0 aliphatic carbocycles. The van der Waals surface area contributed by atoms with Crippen LogP contribution in [-0.2, 0) is 6.42 Å². The van der Waals surface area contributed by atoms with Crippen LogP contribution in [-0.4, -0.2) is 25.9 Å². The monoisotopic (exact) mass is 203 g/mol. The highest BCUT2D eigenvalue weighted by molar-refractivity contribution is 5.93. The molecule has 2 aromatic rings. The lowest BCUT2D eigenvalue weighted by Gasteiger charge is -1.98. The number of hydrogen-bond donors (Lipinski definition) is 2. The van der Waals surface area contributed by atoms with Crippen LogP contribution >= 0.6 is 0 Å². The molecule has 2 rings (SSSR count). The number of hydrogen-bond acceptors (Lipinski definition) is 5. The van der Waals surface area contributed by atoms with E-state index in [0.29, 0.717) is 5.82 Å². The van der Waals surface area contributed by atoms with Gasteiger partial charge in [-0.25, -0.2) is 9.97 Å². The molecule has 2 aromatic heterocycles. The fourth-order valence-corrected chi connectivity index (χ4v) is 1.21. The first-order chi connectivity index (χ1) is 7.25. The van der Waals surface area contributed by atoms with Crippen molar-refractivity contribution in [3.63, 3.8) is 0 Å². The third-order valence-electron chi connectivity index (χ3n) is 1.89. The van der Waals surface area contributed by atoms with Crippen molar-refractivity contribution in [2.75, 3.05) is 5.73 Å². The smallest absolute Gasteiger partial charge is 0.203 e. The fourth-order valence-electron chi connectivity index (χ4n) is 1.21. The molecule has 0 amide bonds. The van der Waals surface area contributed by atoms with Crippen molar-refractivity contribution in [1.29, 1.82) is 0 Å². The van der Waals surface area contributed by atoms with Gasteiger partial charge < -0.3 is 5.73 Å². The normalized spacial score (nSPS) is 10.1. The molecule has 6 nitrogen and oxygen atoms in total. The molecule has 0 atom stereocenters. The van der Waals surface area contributed by atoms with Crippen LogP contribution in [0.1, 0.15) is 16.2 Å². The highest BCUT2D eigenvalue weighted by Gasteiger charge is 2.09. The summed E-state index contributed by atoms with van der Waals surface area (Å²) in [5.74, 6) is 0.529. The second kappa shape index (κ2) is 3.87.